The van der Waals surface area contributed by atoms with Crippen LogP contribution in [-0.4, -0.2) is 31.3 Å². The first-order valence-corrected chi connectivity index (χ1v) is 6.52. The van der Waals surface area contributed by atoms with E-state index in [1.54, 1.807) is 0 Å². The fourth-order valence-electron chi connectivity index (χ4n) is 1.67. The van der Waals surface area contributed by atoms with E-state index in [-0.39, 0.29) is 5.92 Å². The maximum Gasteiger partial charge on any atom is 0.198 e. The van der Waals surface area contributed by atoms with Crippen LogP contribution in [0.5, 0.6) is 5.75 Å². The van der Waals surface area contributed by atoms with Crippen molar-refractivity contribution in [2.24, 2.45) is 5.73 Å². The Labute approximate surface area is 112 Å². The summed E-state index contributed by atoms with van der Waals surface area (Å²) in [5.74, 6) is 1.80. The van der Waals surface area contributed by atoms with Crippen LogP contribution in [0.25, 0.3) is 11.1 Å². The first-order valence-electron chi connectivity index (χ1n) is 6.52. The Balaban J connectivity index is 1.97. The maximum atomic E-state index is 5.64. The molecular formula is C14H20N2O3. The summed E-state index contributed by atoms with van der Waals surface area (Å²) in [5, 5.41) is 0. The quantitative estimate of drug-likeness (QED) is 0.777. The molecule has 0 spiro atoms. The Kier molecular flexibility index (Phi) is 4.76. The molecule has 2 N–H and O–H groups in total. The van der Waals surface area contributed by atoms with Gasteiger partial charge in [-0.1, -0.05) is 13.8 Å². The summed E-state index contributed by atoms with van der Waals surface area (Å²) in [6.07, 6.45) is 0. The molecule has 2 rings (SSSR count). The predicted octanol–water partition coefficient (Wildman–Crippen LogP) is 2.31. The molecule has 19 heavy (non-hydrogen) atoms. The monoisotopic (exact) mass is 264 g/mol. The third-order valence-electron chi connectivity index (χ3n) is 2.63. The molecule has 1 aromatic carbocycles. The molecule has 0 aliphatic heterocycles. The Hall–Kier alpha value is -1.59. The third-order valence-corrected chi connectivity index (χ3v) is 2.63. The van der Waals surface area contributed by atoms with Crippen LogP contribution >= 0.6 is 0 Å². The van der Waals surface area contributed by atoms with Crippen molar-refractivity contribution in [3.63, 3.8) is 0 Å². The summed E-state index contributed by atoms with van der Waals surface area (Å²) >= 11 is 0. The van der Waals surface area contributed by atoms with Crippen molar-refractivity contribution in [2.75, 3.05) is 26.4 Å². The third kappa shape index (κ3) is 3.68. The summed E-state index contributed by atoms with van der Waals surface area (Å²) in [6.45, 7) is 6.23. The van der Waals surface area contributed by atoms with Crippen molar-refractivity contribution in [2.45, 2.75) is 19.8 Å². The van der Waals surface area contributed by atoms with Gasteiger partial charge in [-0.25, -0.2) is 4.98 Å². The molecule has 0 saturated heterocycles. The molecule has 104 valence electrons. The molecule has 0 radical (unpaired) electrons. The summed E-state index contributed by atoms with van der Waals surface area (Å²) in [4.78, 5) is 4.44. The fraction of sp³-hybridized carbons (Fsp3) is 0.500. The van der Waals surface area contributed by atoms with Gasteiger partial charge in [-0.05, 0) is 12.1 Å². The smallest absolute Gasteiger partial charge is 0.198 e. The van der Waals surface area contributed by atoms with Gasteiger partial charge in [0.1, 0.15) is 17.9 Å². The van der Waals surface area contributed by atoms with Crippen LogP contribution in [-0.2, 0) is 4.74 Å². The fourth-order valence-corrected chi connectivity index (χ4v) is 1.67. The van der Waals surface area contributed by atoms with E-state index in [0.717, 1.165) is 22.7 Å². The number of aromatic nitrogens is 1. The molecule has 1 aromatic heterocycles. The lowest BCUT2D eigenvalue weighted by Gasteiger charge is -2.05. The average molecular weight is 264 g/mol. The topological polar surface area (TPSA) is 70.5 Å². The molecule has 0 saturated carbocycles. The van der Waals surface area contributed by atoms with Crippen molar-refractivity contribution in [3.05, 3.63) is 24.1 Å². The van der Waals surface area contributed by atoms with Gasteiger partial charge in [0.15, 0.2) is 11.5 Å². The standard InChI is InChI=1S/C14H20N2O3/c1-10(2)14-16-12-9-11(3-4-13(12)19-14)18-8-7-17-6-5-15/h3-4,9-10H,5-8,15H2,1-2H3. The second kappa shape index (κ2) is 6.54. The zero-order valence-electron chi connectivity index (χ0n) is 11.4. The number of nitrogens with two attached hydrogens (primary N) is 1. The average Bonchev–Trinajstić information content (AvgIpc) is 2.82. The number of ether oxygens (including phenoxy) is 2. The number of hydrogen-bond donors (Lipinski definition) is 1. The molecule has 5 nitrogen and oxygen atoms in total. The molecule has 0 aliphatic rings. The van der Waals surface area contributed by atoms with Gasteiger partial charge in [0.05, 0.1) is 13.2 Å². The highest BCUT2D eigenvalue weighted by Crippen LogP contribution is 2.24. The van der Waals surface area contributed by atoms with Gasteiger partial charge in [-0.3, -0.25) is 0 Å². The van der Waals surface area contributed by atoms with Crippen LogP contribution in [0.3, 0.4) is 0 Å². The van der Waals surface area contributed by atoms with Crippen LogP contribution < -0.4 is 10.5 Å². The van der Waals surface area contributed by atoms with Crippen LogP contribution in [0.4, 0.5) is 0 Å². The van der Waals surface area contributed by atoms with E-state index in [1.807, 2.05) is 18.2 Å². The van der Waals surface area contributed by atoms with Gasteiger partial charge in [-0.2, -0.15) is 0 Å². The zero-order valence-corrected chi connectivity index (χ0v) is 11.4. The van der Waals surface area contributed by atoms with Crippen molar-refractivity contribution in [1.29, 1.82) is 0 Å². The minimum absolute atomic E-state index is 0.279. The molecule has 0 unspecified atom stereocenters. The van der Waals surface area contributed by atoms with Crippen LogP contribution in [0.1, 0.15) is 25.7 Å². The molecule has 5 heteroatoms. The van der Waals surface area contributed by atoms with E-state index < -0.39 is 0 Å². The lowest BCUT2D eigenvalue weighted by molar-refractivity contribution is 0.106. The summed E-state index contributed by atoms with van der Waals surface area (Å²) in [5.41, 5.74) is 6.94. The number of fused-ring (bicyclic) bond motifs is 1. The Bertz CT molecular complexity index is 522. The van der Waals surface area contributed by atoms with Gasteiger partial charge < -0.3 is 19.6 Å². The zero-order chi connectivity index (χ0) is 13.7. The van der Waals surface area contributed by atoms with E-state index in [9.17, 15) is 0 Å². The molecule has 0 atom stereocenters. The van der Waals surface area contributed by atoms with E-state index in [0.29, 0.717) is 26.4 Å². The second-order valence-corrected chi connectivity index (χ2v) is 4.59. The Morgan fingerprint density at radius 3 is 2.84 bits per heavy atom. The molecule has 0 aliphatic carbocycles. The van der Waals surface area contributed by atoms with Crippen LogP contribution in [0.15, 0.2) is 22.6 Å². The van der Waals surface area contributed by atoms with Gasteiger partial charge in [0.2, 0.25) is 0 Å². The summed E-state index contributed by atoms with van der Waals surface area (Å²) in [7, 11) is 0. The predicted molar refractivity (Wildman–Crippen MR) is 73.5 cm³/mol. The van der Waals surface area contributed by atoms with E-state index in [4.69, 9.17) is 19.6 Å². The molecule has 0 amide bonds. The van der Waals surface area contributed by atoms with E-state index >= 15 is 0 Å². The van der Waals surface area contributed by atoms with Gasteiger partial charge in [0, 0.05) is 18.5 Å². The van der Waals surface area contributed by atoms with E-state index in [1.165, 1.54) is 0 Å². The largest absolute Gasteiger partial charge is 0.491 e. The van der Waals surface area contributed by atoms with Crippen molar-refractivity contribution >= 4 is 11.1 Å². The number of rotatable bonds is 7. The maximum absolute atomic E-state index is 5.64. The molecule has 2 aromatic rings. The normalized spacial score (nSPS) is 11.4. The molecule has 0 bridgehead atoms. The van der Waals surface area contributed by atoms with E-state index in [2.05, 4.69) is 18.8 Å². The van der Waals surface area contributed by atoms with Gasteiger partial charge in [0.25, 0.3) is 0 Å². The molecule has 0 fully saturated rings. The van der Waals surface area contributed by atoms with Crippen molar-refractivity contribution < 1.29 is 13.9 Å². The minimum atomic E-state index is 0.279. The second-order valence-electron chi connectivity index (χ2n) is 4.59. The lowest BCUT2D eigenvalue weighted by Crippen LogP contribution is -2.13. The summed E-state index contributed by atoms with van der Waals surface area (Å²) in [6, 6.07) is 5.64. The first kappa shape index (κ1) is 13.8. The Morgan fingerprint density at radius 2 is 2.11 bits per heavy atom. The van der Waals surface area contributed by atoms with Crippen LogP contribution in [0, 0.1) is 0 Å². The number of oxazole rings is 1. The van der Waals surface area contributed by atoms with Crippen molar-refractivity contribution in [3.8, 4) is 5.75 Å². The van der Waals surface area contributed by atoms with Crippen LogP contribution in [0.2, 0.25) is 0 Å². The molecule has 1 heterocycles. The number of nitrogens with zero attached hydrogens (tertiary/aromatic N) is 1. The SMILES string of the molecule is CC(C)c1nc2cc(OCCOCCN)ccc2o1. The highest BCUT2D eigenvalue weighted by Gasteiger charge is 2.09. The first-order chi connectivity index (χ1) is 9.20. The number of hydrogen-bond acceptors (Lipinski definition) is 5. The molecular weight excluding hydrogens is 244 g/mol. The highest BCUT2D eigenvalue weighted by molar-refractivity contribution is 5.74. The minimum Gasteiger partial charge on any atom is -0.491 e. The summed E-state index contributed by atoms with van der Waals surface area (Å²) < 4.78 is 16.5. The van der Waals surface area contributed by atoms with Crippen molar-refractivity contribution in [1.82, 2.24) is 4.98 Å². The van der Waals surface area contributed by atoms with Gasteiger partial charge in [-0.15, -0.1) is 0 Å². The number of benzene rings is 1. The lowest BCUT2D eigenvalue weighted by atomic mass is 10.2. The Morgan fingerprint density at radius 1 is 1.26 bits per heavy atom. The van der Waals surface area contributed by atoms with Gasteiger partial charge >= 0.3 is 0 Å². The highest BCUT2D eigenvalue weighted by atomic mass is 16.5.